The van der Waals surface area contributed by atoms with Crippen LogP contribution in [0.25, 0.3) is 0 Å². The number of carbonyl (C=O) groups is 1. The van der Waals surface area contributed by atoms with Crippen LogP contribution in [0.1, 0.15) is 36.0 Å². The Morgan fingerprint density at radius 3 is 2.62 bits per heavy atom. The van der Waals surface area contributed by atoms with E-state index in [0.29, 0.717) is 17.9 Å². The van der Waals surface area contributed by atoms with Crippen molar-refractivity contribution < 1.29 is 22.1 Å². The summed E-state index contributed by atoms with van der Waals surface area (Å²) in [6, 6.07) is 8.92. The van der Waals surface area contributed by atoms with E-state index in [0.717, 1.165) is 25.5 Å². The number of hydrogen-bond donors (Lipinski definition) is 0. The summed E-state index contributed by atoms with van der Waals surface area (Å²) in [6.45, 7) is 0.197. The first-order valence-electron chi connectivity index (χ1n) is 7.04. The summed E-state index contributed by atoms with van der Waals surface area (Å²) >= 11 is 0. The molecule has 1 aliphatic rings. The molecule has 1 aromatic carbocycles. The monoisotopic (exact) mass is 312 g/mol. The average Bonchev–Trinajstić information content (AvgIpc) is 2.86. The maximum Gasteiger partial charge on any atom is 0.338 e. The molecule has 0 aliphatic heterocycles. The van der Waals surface area contributed by atoms with Crippen molar-refractivity contribution in [2.45, 2.75) is 31.8 Å². The van der Waals surface area contributed by atoms with Crippen LogP contribution in [0.4, 0.5) is 0 Å². The fourth-order valence-electron chi connectivity index (χ4n) is 2.56. The van der Waals surface area contributed by atoms with Gasteiger partial charge < -0.3 is 4.74 Å². The number of benzene rings is 1. The summed E-state index contributed by atoms with van der Waals surface area (Å²) in [6.07, 6.45) is 4.16. The van der Waals surface area contributed by atoms with Gasteiger partial charge in [-0.3, -0.25) is 4.18 Å². The summed E-state index contributed by atoms with van der Waals surface area (Å²) in [5, 5.41) is 0. The summed E-state index contributed by atoms with van der Waals surface area (Å²) in [5.74, 6) is 0.0500. The molecule has 1 saturated carbocycles. The van der Waals surface area contributed by atoms with E-state index in [-0.39, 0.29) is 18.7 Å². The zero-order chi connectivity index (χ0) is 15.3. The van der Waals surface area contributed by atoms with Gasteiger partial charge in [-0.2, -0.15) is 8.42 Å². The molecular weight excluding hydrogens is 292 g/mol. The van der Waals surface area contributed by atoms with E-state index in [1.54, 1.807) is 24.3 Å². The van der Waals surface area contributed by atoms with Crippen molar-refractivity contribution in [1.29, 1.82) is 0 Å². The van der Waals surface area contributed by atoms with Gasteiger partial charge in [0.1, 0.15) is 6.10 Å². The van der Waals surface area contributed by atoms with E-state index < -0.39 is 10.1 Å². The van der Waals surface area contributed by atoms with E-state index in [1.165, 1.54) is 0 Å². The lowest BCUT2D eigenvalue weighted by Crippen LogP contribution is -2.15. The van der Waals surface area contributed by atoms with Crippen molar-refractivity contribution in [1.82, 2.24) is 0 Å². The van der Waals surface area contributed by atoms with Gasteiger partial charge in [-0.05, 0) is 43.7 Å². The van der Waals surface area contributed by atoms with Crippen molar-refractivity contribution in [3.8, 4) is 0 Å². The van der Waals surface area contributed by atoms with Crippen molar-refractivity contribution >= 4 is 16.1 Å². The van der Waals surface area contributed by atoms with E-state index >= 15 is 0 Å². The minimum atomic E-state index is -3.37. The Morgan fingerprint density at radius 1 is 1.24 bits per heavy atom. The Bertz CT molecular complexity index is 567. The van der Waals surface area contributed by atoms with Crippen LogP contribution in [0.15, 0.2) is 30.3 Å². The van der Waals surface area contributed by atoms with Crippen LogP contribution < -0.4 is 0 Å². The number of hydrogen-bond acceptors (Lipinski definition) is 5. The van der Waals surface area contributed by atoms with Crippen LogP contribution in [0, 0.1) is 5.92 Å². The van der Waals surface area contributed by atoms with Gasteiger partial charge in [0.05, 0.1) is 18.4 Å². The lowest BCUT2D eigenvalue weighted by atomic mass is 10.1. The number of esters is 1. The van der Waals surface area contributed by atoms with Crippen molar-refractivity contribution in [2.75, 3.05) is 12.9 Å². The largest absolute Gasteiger partial charge is 0.459 e. The Balaban J connectivity index is 1.74. The second kappa shape index (κ2) is 7.04. The van der Waals surface area contributed by atoms with E-state index in [4.69, 9.17) is 8.92 Å². The van der Waals surface area contributed by atoms with Crippen LogP contribution in [-0.2, 0) is 19.0 Å². The minimum absolute atomic E-state index is 0.0825. The first-order chi connectivity index (χ1) is 9.94. The maximum absolute atomic E-state index is 11.9. The predicted octanol–water partition coefficient (Wildman–Crippen LogP) is 2.38. The first kappa shape index (κ1) is 16.0. The highest BCUT2D eigenvalue weighted by molar-refractivity contribution is 7.85. The molecule has 116 valence electrons. The molecule has 21 heavy (non-hydrogen) atoms. The van der Waals surface area contributed by atoms with Gasteiger partial charge in [0.25, 0.3) is 10.1 Å². The molecule has 0 unspecified atom stereocenters. The zero-order valence-electron chi connectivity index (χ0n) is 12.0. The van der Waals surface area contributed by atoms with Gasteiger partial charge in [-0.1, -0.05) is 18.2 Å². The quantitative estimate of drug-likeness (QED) is 0.596. The van der Waals surface area contributed by atoms with Gasteiger partial charge in [0.15, 0.2) is 0 Å². The van der Waals surface area contributed by atoms with Gasteiger partial charge in [0.2, 0.25) is 0 Å². The predicted molar refractivity (Wildman–Crippen MR) is 78.4 cm³/mol. The Labute approximate surface area is 125 Å². The first-order valence-corrected chi connectivity index (χ1v) is 8.86. The highest BCUT2D eigenvalue weighted by Gasteiger charge is 2.27. The second-order valence-electron chi connectivity index (χ2n) is 5.39. The molecule has 0 N–H and O–H groups in total. The third-order valence-electron chi connectivity index (χ3n) is 3.60. The second-order valence-corrected chi connectivity index (χ2v) is 7.03. The summed E-state index contributed by atoms with van der Waals surface area (Å²) in [7, 11) is -3.37. The molecule has 0 bridgehead atoms. The molecule has 0 saturated heterocycles. The number of ether oxygens (including phenoxy) is 1. The molecule has 1 aromatic rings. The topological polar surface area (TPSA) is 69.7 Å². The van der Waals surface area contributed by atoms with Crippen LogP contribution in [0.5, 0.6) is 0 Å². The minimum Gasteiger partial charge on any atom is -0.459 e. The summed E-state index contributed by atoms with van der Waals surface area (Å²) in [5.41, 5.74) is 0.557. The van der Waals surface area contributed by atoms with E-state index in [9.17, 15) is 13.2 Å². The molecule has 1 fully saturated rings. The highest BCUT2D eigenvalue weighted by Crippen LogP contribution is 2.30. The van der Waals surface area contributed by atoms with E-state index in [1.807, 2.05) is 6.07 Å². The molecular formula is C15H20O5S. The fourth-order valence-corrected chi connectivity index (χ4v) is 2.96. The smallest absolute Gasteiger partial charge is 0.338 e. The van der Waals surface area contributed by atoms with Crippen LogP contribution in [-0.4, -0.2) is 33.4 Å². The SMILES string of the molecule is CS(=O)(=O)OCC[C@H]1CC[C@@H](OC(=O)c2ccccc2)C1. The molecule has 2 rings (SSSR count). The molecule has 0 spiro atoms. The molecule has 5 nitrogen and oxygen atoms in total. The lowest BCUT2D eigenvalue weighted by Gasteiger charge is -2.13. The molecule has 0 amide bonds. The third kappa shape index (κ3) is 5.47. The molecule has 2 atom stereocenters. The molecule has 0 radical (unpaired) electrons. The van der Waals surface area contributed by atoms with Crippen molar-refractivity contribution in [2.24, 2.45) is 5.92 Å². The highest BCUT2D eigenvalue weighted by atomic mass is 32.2. The molecule has 6 heteroatoms. The lowest BCUT2D eigenvalue weighted by molar-refractivity contribution is 0.0307. The Hall–Kier alpha value is -1.40. The van der Waals surface area contributed by atoms with Gasteiger partial charge >= 0.3 is 5.97 Å². The zero-order valence-corrected chi connectivity index (χ0v) is 12.8. The number of rotatable bonds is 6. The van der Waals surface area contributed by atoms with E-state index in [2.05, 4.69) is 0 Å². The van der Waals surface area contributed by atoms with Crippen LogP contribution in [0.3, 0.4) is 0 Å². The van der Waals surface area contributed by atoms with Gasteiger partial charge in [0, 0.05) is 0 Å². The summed E-state index contributed by atoms with van der Waals surface area (Å²) in [4.78, 5) is 11.9. The Kier molecular flexibility index (Phi) is 5.36. The van der Waals surface area contributed by atoms with Crippen LogP contribution >= 0.6 is 0 Å². The van der Waals surface area contributed by atoms with Crippen molar-refractivity contribution in [3.63, 3.8) is 0 Å². The Morgan fingerprint density at radius 2 is 1.95 bits per heavy atom. The fraction of sp³-hybridized carbons (Fsp3) is 0.533. The normalized spacial score (nSPS) is 22.1. The molecule has 1 aliphatic carbocycles. The standard InChI is InChI=1S/C15H20O5S/c1-21(17,18)19-10-9-12-7-8-14(11-12)20-15(16)13-5-3-2-4-6-13/h2-6,12,14H,7-11H2,1H3/t12-,14-/m1/s1. The molecule has 0 aromatic heterocycles. The van der Waals surface area contributed by atoms with Crippen molar-refractivity contribution in [3.05, 3.63) is 35.9 Å². The van der Waals surface area contributed by atoms with Gasteiger partial charge in [-0.25, -0.2) is 4.79 Å². The van der Waals surface area contributed by atoms with Crippen LogP contribution in [0.2, 0.25) is 0 Å². The molecule has 0 heterocycles. The third-order valence-corrected chi connectivity index (χ3v) is 4.19. The average molecular weight is 312 g/mol. The summed E-state index contributed by atoms with van der Waals surface area (Å²) < 4.78 is 32.0. The van der Waals surface area contributed by atoms with Gasteiger partial charge in [-0.15, -0.1) is 0 Å². The maximum atomic E-state index is 11.9. The number of carbonyl (C=O) groups excluding carboxylic acids is 1.